The van der Waals surface area contributed by atoms with E-state index in [1.165, 1.54) is 16.7 Å². The predicted molar refractivity (Wildman–Crippen MR) is 127 cm³/mol. The number of benzene rings is 1. The minimum absolute atomic E-state index is 0.166. The van der Waals surface area contributed by atoms with Gasteiger partial charge in [-0.25, -0.2) is 0 Å². The van der Waals surface area contributed by atoms with Crippen LogP contribution in [-0.4, -0.2) is 76.2 Å². The number of ether oxygens (including phenoxy) is 2. The van der Waals surface area contributed by atoms with Gasteiger partial charge >= 0.3 is 5.97 Å². The third-order valence-corrected chi connectivity index (χ3v) is 9.17. The number of methoxy groups -OCH3 is 1. The number of carbonyl (C=O) groups excluding carboxylic acids is 3. The van der Waals surface area contributed by atoms with Crippen LogP contribution in [0.15, 0.2) is 48.6 Å². The number of thioether (sulfide) groups is 1. The van der Waals surface area contributed by atoms with Crippen molar-refractivity contribution in [1.29, 1.82) is 0 Å². The fourth-order valence-electron chi connectivity index (χ4n) is 5.85. The molecule has 2 saturated heterocycles. The minimum Gasteiger partial charge on any atom is -0.497 e. The van der Waals surface area contributed by atoms with Gasteiger partial charge in [0.1, 0.15) is 18.4 Å². The normalized spacial score (nSPS) is 35.3. The van der Waals surface area contributed by atoms with E-state index in [4.69, 9.17) is 9.47 Å². The molecule has 9 heteroatoms. The predicted octanol–water partition coefficient (Wildman–Crippen LogP) is 1.78. The lowest BCUT2D eigenvalue weighted by molar-refractivity contribution is -0.153. The zero-order valence-electron chi connectivity index (χ0n) is 19.3. The maximum absolute atomic E-state index is 14.2. The van der Waals surface area contributed by atoms with Crippen molar-refractivity contribution in [3.63, 3.8) is 0 Å². The van der Waals surface area contributed by atoms with Crippen LogP contribution in [0.3, 0.4) is 0 Å². The van der Waals surface area contributed by atoms with Crippen molar-refractivity contribution in [2.75, 3.05) is 31.8 Å². The molecule has 1 aromatic carbocycles. The first-order valence-electron chi connectivity index (χ1n) is 11.4. The van der Waals surface area contributed by atoms with E-state index in [1.54, 1.807) is 31.1 Å². The quantitative estimate of drug-likeness (QED) is 0.514. The fraction of sp³-hybridized carbons (Fsp3) is 0.480. The number of cyclic esters (lactones) is 1. The first kappa shape index (κ1) is 23.0. The third-order valence-electron chi connectivity index (χ3n) is 7.37. The highest BCUT2D eigenvalue weighted by molar-refractivity contribution is 8.02. The van der Waals surface area contributed by atoms with Crippen molar-refractivity contribution in [1.82, 2.24) is 4.90 Å². The van der Waals surface area contributed by atoms with Crippen molar-refractivity contribution < 1.29 is 29.0 Å². The van der Waals surface area contributed by atoms with Crippen LogP contribution in [0.2, 0.25) is 0 Å². The number of esters is 1. The largest absolute Gasteiger partial charge is 0.497 e. The molecule has 34 heavy (non-hydrogen) atoms. The second-order valence-corrected chi connectivity index (χ2v) is 11.1. The van der Waals surface area contributed by atoms with Crippen LogP contribution in [-0.2, 0) is 19.1 Å². The molecule has 1 spiro atoms. The van der Waals surface area contributed by atoms with Crippen molar-refractivity contribution in [2.45, 2.75) is 35.4 Å². The summed E-state index contributed by atoms with van der Waals surface area (Å²) in [6, 6.07) is 5.73. The van der Waals surface area contributed by atoms with Gasteiger partial charge in [-0.1, -0.05) is 18.2 Å². The number of aliphatic hydroxyl groups is 1. The Hall–Kier alpha value is -2.78. The molecule has 8 nitrogen and oxygen atoms in total. The van der Waals surface area contributed by atoms with Gasteiger partial charge in [-0.15, -0.1) is 11.8 Å². The van der Waals surface area contributed by atoms with E-state index in [9.17, 15) is 19.5 Å². The highest BCUT2D eigenvalue weighted by Crippen LogP contribution is 2.65. The van der Waals surface area contributed by atoms with Gasteiger partial charge in [-0.3, -0.25) is 14.4 Å². The number of hydrogen-bond acceptors (Lipinski definition) is 7. The van der Waals surface area contributed by atoms with E-state index in [1.807, 2.05) is 43.4 Å². The molecule has 1 N–H and O–H groups in total. The zero-order valence-corrected chi connectivity index (χ0v) is 20.2. The number of hydrogen-bond donors (Lipinski definition) is 1. The number of rotatable bonds is 4. The van der Waals surface area contributed by atoms with Gasteiger partial charge in [0.25, 0.3) is 5.91 Å². The van der Waals surface area contributed by atoms with Crippen LogP contribution in [0.4, 0.5) is 5.69 Å². The highest BCUT2D eigenvalue weighted by Gasteiger charge is 2.74. The maximum Gasteiger partial charge on any atom is 0.311 e. The van der Waals surface area contributed by atoms with E-state index < -0.39 is 39.4 Å². The van der Waals surface area contributed by atoms with Crippen molar-refractivity contribution in [3.8, 4) is 5.75 Å². The van der Waals surface area contributed by atoms with Gasteiger partial charge in [-0.2, -0.15) is 0 Å². The van der Waals surface area contributed by atoms with Crippen LogP contribution < -0.4 is 9.64 Å². The monoisotopic (exact) mass is 484 g/mol. The second-order valence-electron chi connectivity index (χ2n) is 9.36. The van der Waals surface area contributed by atoms with Gasteiger partial charge in [0.05, 0.1) is 36.3 Å². The summed E-state index contributed by atoms with van der Waals surface area (Å²) in [5.74, 6) is -1.79. The Bertz CT molecular complexity index is 1090. The second kappa shape index (κ2) is 8.16. The van der Waals surface area contributed by atoms with Crippen molar-refractivity contribution >= 4 is 35.2 Å². The molecular formula is C25H28N2O6S. The SMILES string of the molecule is COc1ccc(N2CC=C[C@]34S[C@]5(C)C=CCOC(=O)[C@@H]5[C@H]3C(=O)N([C@H](C)CO)C4C2=O)cc1. The Morgan fingerprint density at radius 3 is 2.56 bits per heavy atom. The number of carbonyl (C=O) groups is 3. The summed E-state index contributed by atoms with van der Waals surface area (Å²) in [6.07, 6.45) is 7.60. The van der Waals surface area contributed by atoms with Gasteiger partial charge in [-0.05, 0) is 44.2 Å². The number of likely N-dealkylation sites (tertiary alicyclic amines) is 1. The van der Waals surface area contributed by atoms with Crippen LogP contribution in [0.25, 0.3) is 0 Å². The first-order chi connectivity index (χ1) is 16.3. The molecule has 0 bridgehead atoms. The Labute approximate surface area is 202 Å². The summed E-state index contributed by atoms with van der Waals surface area (Å²) in [5.41, 5.74) is 0.683. The Kier molecular flexibility index (Phi) is 5.52. The topological polar surface area (TPSA) is 96.4 Å². The van der Waals surface area contributed by atoms with E-state index in [0.29, 0.717) is 18.0 Å². The first-order valence-corrected chi connectivity index (χ1v) is 12.2. The molecule has 4 aliphatic rings. The Morgan fingerprint density at radius 1 is 1.15 bits per heavy atom. The molecule has 0 saturated carbocycles. The Morgan fingerprint density at radius 2 is 1.88 bits per heavy atom. The smallest absolute Gasteiger partial charge is 0.311 e. The molecule has 6 atom stereocenters. The molecule has 0 radical (unpaired) electrons. The molecule has 0 aromatic heterocycles. The van der Waals surface area contributed by atoms with E-state index in [-0.39, 0.29) is 25.0 Å². The van der Waals surface area contributed by atoms with Crippen LogP contribution >= 0.6 is 11.8 Å². The summed E-state index contributed by atoms with van der Waals surface area (Å²) >= 11 is 1.49. The lowest BCUT2D eigenvalue weighted by Gasteiger charge is -2.38. The average molecular weight is 485 g/mol. The summed E-state index contributed by atoms with van der Waals surface area (Å²) in [5, 5.41) is 9.98. The number of amides is 2. The molecule has 0 aliphatic carbocycles. The van der Waals surface area contributed by atoms with Crippen LogP contribution in [0.5, 0.6) is 5.75 Å². The van der Waals surface area contributed by atoms with Crippen molar-refractivity contribution in [2.24, 2.45) is 11.8 Å². The van der Waals surface area contributed by atoms with E-state index in [2.05, 4.69) is 0 Å². The molecule has 5 rings (SSSR count). The summed E-state index contributed by atoms with van der Waals surface area (Å²) in [7, 11) is 1.58. The van der Waals surface area contributed by atoms with E-state index >= 15 is 0 Å². The Balaban J connectivity index is 1.64. The van der Waals surface area contributed by atoms with Gasteiger partial charge in [0.2, 0.25) is 5.91 Å². The molecule has 4 aliphatic heterocycles. The number of aliphatic hydroxyl groups excluding tert-OH is 1. The fourth-order valence-corrected chi connectivity index (χ4v) is 7.99. The molecular weight excluding hydrogens is 456 g/mol. The summed E-state index contributed by atoms with van der Waals surface area (Å²) in [6.45, 7) is 3.86. The zero-order chi connectivity index (χ0) is 24.3. The molecule has 4 heterocycles. The maximum atomic E-state index is 14.2. The number of nitrogens with zero attached hydrogens (tertiary/aromatic N) is 2. The highest BCUT2D eigenvalue weighted by atomic mass is 32.2. The van der Waals surface area contributed by atoms with Crippen molar-refractivity contribution in [3.05, 3.63) is 48.6 Å². The van der Waals surface area contributed by atoms with Gasteiger partial charge in [0, 0.05) is 17.0 Å². The summed E-state index contributed by atoms with van der Waals surface area (Å²) < 4.78 is 9.01. The van der Waals surface area contributed by atoms with Gasteiger partial charge < -0.3 is 24.4 Å². The van der Waals surface area contributed by atoms with Gasteiger partial charge in [0.15, 0.2) is 0 Å². The molecule has 2 amide bonds. The molecule has 2 fully saturated rings. The lowest BCUT2D eigenvalue weighted by Crippen LogP contribution is -2.56. The minimum atomic E-state index is -0.959. The average Bonchev–Trinajstić information content (AvgIpc) is 3.10. The standard InChI is InChI=1S/C25H28N2O6S/c1-15(14-28)27-20-22(30)26(16-6-8-17(32-3)9-7-16)12-4-11-25(20)18(21(27)29)19-23(31)33-13-5-10-24(19,2)34-25/h4-11,15,18-20,28H,12-14H2,1-3H3/t15-,18+,19+,20?,24-,25+/m1/s1. The molecule has 1 aromatic rings. The van der Waals surface area contributed by atoms with Crippen LogP contribution in [0, 0.1) is 11.8 Å². The lowest BCUT2D eigenvalue weighted by atomic mass is 9.75. The third kappa shape index (κ3) is 3.13. The number of fused-ring (bicyclic) bond motifs is 2. The molecule has 1 unspecified atom stereocenters. The molecule has 180 valence electrons. The van der Waals surface area contributed by atoms with E-state index in [0.717, 1.165) is 0 Å². The number of anilines is 1. The summed E-state index contributed by atoms with van der Waals surface area (Å²) in [4.78, 5) is 44.4. The van der Waals surface area contributed by atoms with Crippen LogP contribution in [0.1, 0.15) is 13.8 Å².